The van der Waals surface area contributed by atoms with Crippen LogP contribution in [0, 0.1) is 0 Å². The molecule has 8 rings (SSSR count). The van der Waals surface area contributed by atoms with Gasteiger partial charge in [0, 0.05) is 54.2 Å². The van der Waals surface area contributed by atoms with Crippen LogP contribution in [0.3, 0.4) is 0 Å². The van der Waals surface area contributed by atoms with E-state index >= 15 is 0 Å². The normalized spacial score (nSPS) is 17.0. The van der Waals surface area contributed by atoms with Crippen molar-refractivity contribution in [2.45, 2.75) is 56.4 Å². The third-order valence-corrected chi connectivity index (χ3v) is 11.5. The Bertz CT molecular complexity index is 2500. The lowest BCUT2D eigenvalue weighted by Gasteiger charge is -2.28. The molecule has 2 fully saturated rings. The van der Waals surface area contributed by atoms with Gasteiger partial charge in [-0.25, -0.2) is 9.59 Å². The predicted octanol–water partition coefficient (Wildman–Crippen LogP) is 6.11. The molecule has 316 valence electrons. The van der Waals surface area contributed by atoms with Crippen LogP contribution in [0.4, 0.5) is 21.0 Å². The van der Waals surface area contributed by atoms with E-state index in [9.17, 15) is 39.0 Å². The van der Waals surface area contributed by atoms with Gasteiger partial charge in [0.15, 0.2) is 0 Å². The summed E-state index contributed by atoms with van der Waals surface area (Å²) in [6.07, 6.45) is 2.65. The molecule has 4 atom stereocenters. The number of carbonyl (C=O) groups is 6. The second-order valence-corrected chi connectivity index (χ2v) is 15.3. The maximum absolute atomic E-state index is 13.9. The topological polar surface area (TPSA) is 215 Å². The second kappa shape index (κ2) is 17.8. The zero-order chi connectivity index (χ0) is 43.3. The summed E-state index contributed by atoms with van der Waals surface area (Å²) in [7, 11) is 0. The van der Waals surface area contributed by atoms with E-state index in [2.05, 4.69) is 30.8 Å². The standard InChI is InChI=1S/C46H44N8O8/c55-41(35-13-7-23-52(35)43(57)39(50-45(59)60)29-9-3-1-4-10-29)48-31-15-17-33-34-18-16-32(26-38(34)54(37(33)25-31)27-28-19-21-47-22-20-28)49-42(56)36-14-8-24-53(36)44(58)40(51-46(61)62)30-11-5-2-6-12-30/h1-6,9-12,15-22,25-26,35-36,39-40,50-51H,7-8,13-14,23-24,27H2,(H,48,55)(H,49,56)(H,59,60)(H,61,62)/t35-,36-,39?,40?/m0/s1. The van der Waals surface area contributed by atoms with Gasteiger partial charge in [-0.15, -0.1) is 0 Å². The summed E-state index contributed by atoms with van der Waals surface area (Å²) in [5.41, 5.74) is 4.46. The molecule has 0 radical (unpaired) electrons. The van der Waals surface area contributed by atoms with Gasteiger partial charge in [0.2, 0.25) is 11.8 Å². The molecule has 4 heterocycles. The lowest BCUT2D eigenvalue weighted by molar-refractivity contribution is -0.138. The molecule has 16 nitrogen and oxygen atoms in total. The Labute approximate surface area is 355 Å². The number of pyridine rings is 1. The van der Waals surface area contributed by atoms with Crippen LogP contribution in [0.15, 0.2) is 122 Å². The molecule has 16 heteroatoms. The summed E-state index contributed by atoms with van der Waals surface area (Å²) in [6, 6.07) is 28.0. The van der Waals surface area contributed by atoms with Crippen LogP contribution in [-0.2, 0) is 25.7 Å². The summed E-state index contributed by atoms with van der Waals surface area (Å²) in [5.74, 6) is -1.81. The lowest BCUT2D eigenvalue weighted by atomic mass is 10.0. The Morgan fingerprint density at radius 3 is 1.45 bits per heavy atom. The summed E-state index contributed by atoms with van der Waals surface area (Å²) in [5, 5.41) is 31.5. The molecule has 2 aliphatic rings. The summed E-state index contributed by atoms with van der Waals surface area (Å²) < 4.78 is 2.08. The third kappa shape index (κ3) is 8.61. The molecule has 0 aliphatic carbocycles. The second-order valence-electron chi connectivity index (χ2n) is 15.3. The minimum absolute atomic E-state index is 0.296. The molecular weight excluding hydrogens is 793 g/mol. The highest BCUT2D eigenvalue weighted by Crippen LogP contribution is 2.35. The number of hydrogen-bond donors (Lipinski definition) is 6. The number of likely N-dealkylation sites (tertiary alicyclic amines) is 2. The first-order valence-corrected chi connectivity index (χ1v) is 20.3. The lowest BCUT2D eigenvalue weighted by Crippen LogP contribution is -2.48. The number of nitrogens with one attached hydrogen (secondary N) is 4. The quantitative estimate of drug-likeness (QED) is 0.0837. The van der Waals surface area contributed by atoms with Crippen molar-refractivity contribution in [1.82, 2.24) is 30.0 Å². The molecule has 2 aliphatic heterocycles. The van der Waals surface area contributed by atoms with Crippen LogP contribution in [-0.4, -0.2) is 90.6 Å². The van der Waals surface area contributed by atoms with Gasteiger partial charge in [0.05, 0.1) is 11.0 Å². The fourth-order valence-corrected chi connectivity index (χ4v) is 8.59. The van der Waals surface area contributed by atoms with Crippen LogP contribution in [0.1, 0.15) is 54.5 Å². The van der Waals surface area contributed by atoms with Crippen LogP contribution in [0.25, 0.3) is 21.8 Å². The fourth-order valence-electron chi connectivity index (χ4n) is 8.59. The first kappa shape index (κ1) is 41.0. The minimum Gasteiger partial charge on any atom is -0.465 e. The number of benzene rings is 4. The Morgan fingerprint density at radius 1 is 0.597 bits per heavy atom. The van der Waals surface area contributed by atoms with E-state index in [1.165, 1.54) is 9.80 Å². The highest BCUT2D eigenvalue weighted by atomic mass is 16.4. The van der Waals surface area contributed by atoms with E-state index in [1.807, 2.05) is 36.4 Å². The average molecular weight is 837 g/mol. The number of fused-ring (bicyclic) bond motifs is 3. The van der Waals surface area contributed by atoms with Crippen LogP contribution in [0.2, 0.25) is 0 Å². The average Bonchev–Trinajstić information content (AvgIpc) is 4.04. The van der Waals surface area contributed by atoms with E-state index in [0.29, 0.717) is 67.8 Å². The van der Waals surface area contributed by atoms with Gasteiger partial charge in [0.25, 0.3) is 11.8 Å². The molecule has 0 bridgehead atoms. The monoisotopic (exact) mass is 836 g/mol. The molecule has 6 aromatic rings. The van der Waals surface area contributed by atoms with Crippen LogP contribution in [0.5, 0.6) is 0 Å². The van der Waals surface area contributed by atoms with E-state index < -0.39 is 60.0 Å². The number of anilines is 2. The van der Waals surface area contributed by atoms with E-state index in [-0.39, 0.29) is 0 Å². The molecule has 0 saturated carbocycles. The van der Waals surface area contributed by atoms with Gasteiger partial charge in [-0.1, -0.05) is 72.8 Å². The number of carbonyl (C=O) groups excluding carboxylic acids is 4. The van der Waals surface area contributed by atoms with E-state index in [0.717, 1.165) is 27.4 Å². The molecule has 6 N–H and O–H groups in total. The smallest absolute Gasteiger partial charge is 0.405 e. The van der Waals surface area contributed by atoms with Crippen LogP contribution < -0.4 is 21.3 Å². The van der Waals surface area contributed by atoms with Gasteiger partial charge in [-0.05, 0) is 78.8 Å². The molecule has 4 aromatic carbocycles. The first-order chi connectivity index (χ1) is 30.0. The van der Waals surface area contributed by atoms with Crippen molar-refractivity contribution in [2.75, 3.05) is 23.7 Å². The molecule has 6 amide bonds. The number of amides is 6. The van der Waals surface area contributed by atoms with Gasteiger partial charge in [0.1, 0.15) is 24.2 Å². The number of rotatable bonds is 12. The number of carboxylic acid groups (broad SMARTS) is 2. The third-order valence-electron chi connectivity index (χ3n) is 11.5. The largest absolute Gasteiger partial charge is 0.465 e. The Hall–Kier alpha value is -7.75. The Kier molecular flexibility index (Phi) is 11.8. The fraction of sp³-hybridized carbons (Fsp3) is 0.239. The van der Waals surface area contributed by atoms with Crippen molar-refractivity contribution in [3.63, 3.8) is 0 Å². The van der Waals surface area contributed by atoms with Crippen molar-refractivity contribution in [2.24, 2.45) is 0 Å². The molecule has 62 heavy (non-hydrogen) atoms. The van der Waals surface area contributed by atoms with Gasteiger partial charge in [-0.2, -0.15) is 0 Å². The highest BCUT2D eigenvalue weighted by Gasteiger charge is 2.40. The Balaban J connectivity index is 1.06. The molecule has 2 saturated heterocycles. The van der Waals surface area contributed by atoms with Crippen molar-refractivity contribution in [3.8, 4) is 0 Å². The van der Waals surface area contributed by atoms with Crippen molar-refractivity contribution < 1.29 is 39.0 Å². The summed E-state index contributed by atoms with van der Waals surface area (Å²) in [6.45, 7) is 1.01. The van der Waals surface area contributed by atoms with Crippen LogP contribution >= 0.6 is 0 Å². The maximum atomic E-state index is 13.9. The highest BCUT2D eigenvalue weighted by molar-refractivity contribution is 6.11. The first-order valence-electron chi connectivity index (χ1n) is 20.3. The van der Waals surface area contributed by atoms with Gasteiger partial charge in [-0.3, -0.25) is 24.2 Å². The number of aromatic nitrogens is 2. The zero-order valence-electron chi connectivity index (χ0n) is 33.4. The van der Waals surface area contributed by atoms with E-state index in [4.69, 9.17) is 0 Å². The summed E-state index contributed by atoms with van der Waals surface area (Å²) in [4.78, 5) is 85.9. The zero-order valence-corrected chi connectivity index (χ0v) is 33.4. The minimum atomic E-state index is -1.35. The number of hydrogen-bond acceptors (Lipinski definition) is 7. The molecular formula is C46H44N8O8. The number of nitrogens with zero attached hydrogens (tertiary/aromatic N) is 4. The Morgan fingerprint density at radius 2 is 1.03 bits per heavy atom. The SMILES string of the molecule is O=C(O)NC(C(=O)N1CCC[C@H]1C(=O)Nc1ccc2c3ccc(NC(=O)[C@@H]4CCCN4C(=O)C(NC(=O)O)c4ccccc4)cc3n(Cc3ccncc3)c2c1)c1ccccc1. The van der Waals surface area contributed by atoms with Crippen molar-refractivity contribution >= 4 is 69.0 Å². The van der Waals surface area contributed by atoms with Crippen molar-refractivity contribution in [1.29, 1.82) is 0 Å². The van der Waals surface area contributed by atoms with Crippen molar-refractivity contribution in [3.05, 3.63) is 138 Å². The molecule has 2 aromatic heterocycles. The van der Waals surface area contributed by atoms with E-state index in [1.54, 1.807) is 85.2 Å². The maximum Gasteiger partial charge on any atom is 0.405 e. The summed E-state index contributed by atoms with van der Waals surface area (Å²) >= 11 is 0. The van der Waals surface area contributed by atoms with Gasteiger partial charge >= 0.3 is 12.2 Å². The molecule has 2 unspecified atom stereocenters. The molecule has 0 spiro atoms. The van der Waals surface area contributed by atoms with Gasteiger partial charge < -0.3 is 45.8 Å². The predicted molar refractivity (Wildman–Crippen MR) is 230 cm³/mol.